The molecule has 0 saturated carbocycles. The quantitative estimate of drug-likeness (QED) is 0.491. The minimum atomic E-state index is -0.407. The molecule has 0 radical (unpaired) electrons. The Hall–Kier alpha value is -3.81. The molecule has 2 aromatic carbocycles. The van der Waals surface area contributed by atoms with Crippen LogP contribution < -0.4 is 20.3 Å². The summed E-state index contributed by atoms with van der Waals surface area (Å²) in [4.78, 5) is 28.5. The number of carbonyl (C=O) groups is 1. The number of nitrogens with zero attached hydrogens (tertiary/aromatic N) is 2. The smallest absolute Gasteiger partial charge is 0.279 e. The number of rotatable bonds is 7. The van der Waals surface area contributed by atoms with Crippen LogP contribution in [0.15, 0.2) is 53.6 Å². The molecule has 4 rings (SSSR count). The SMILES string of the molecule is COc1ccc2cnn(CC(=O)NCCc3c[nH]c4ccccc34)c(=O)c2c1OC. The van der Waals surface area contributed by atoms with Gasteiger partial charge in [0.2, 0.25) is 5.91 Å². The number of ether oxygens (including phenoxy) is 2. The topological polar surface area (TPSA) is 98.2 Å². The fraction of sp³-hybridized carbons (Fsp3) is 0.227. The van der Waals surface area contributed by atoms with E-state index in [9.17, 15) is 9.59 Å². The maximum Gasteiger partial charge on any atom is 0.279 e. The lowest BCUT2D eigenvalue weighted by atomic mass is 10.1. The van der Waals surface area contributed by atoms with Crippen LogP contribution >= 0.6 is 0 Å². The summed E-state index contributed by atoms with van der Waals surface area (Å²) in [6.07, 6.45) is 4.17. The zero-order valence-electron chi connectivity index (χ0n) is 16.8. The van der Waals surface area contributed by atoms with Crippen molar-refractivity contribution in [2.45, 2.75) is 13.0 Å². The van der Waals surface area contributed by atoms with Crippen LogP contribution in [-0.2, 0) is 17.8 Å². The van der Waals surface area contributed by atoms with Crippen LogP contribution in [0.2, 0.25) is 0 Å². The van der Waals surface area contributed by atoms with Gasteiger partial charge in [-0.2, -0.15) is 5.10 Å². The summed E-state index contributed by atoms with van der Waals surface area (Å²) in [5.74, 6) is 0.490. The molecule has 0 unspecified atom stereocenters. The summed E-state index contributed by atoms with van der Waals surface area (Å²) in [7, 11) is 2.98. The van der Waals surface area contributed by atoms with E-state index in [0.717, 1.165) is 21.1 Å². The third kappa shape index (κ3) is 3.59. The van der Waals surface area contributed by atoms with E-state index in [1.165, 1.54) is 20.4 Å². The number of amides is 1. The van der Waals surface area contributed by atoms with Gasteiger partial charge < -0.3 is 19.8 Å². The Morgan fingerprint density at radius 3 is 2.80 bits per heavy atom. The molecule has 2 N–H and O–H groups in total. The van der Waals surface area contributed by atoms with Gasteiger partial charge in [0.15, 0.2) is 11.5 Å². The second kappa shape index (κ2) is 8.28. The summed E-state index contributed by atoms with van der Waals surface area (Å²) >= 11 is 0. The molecule has 0 spiro atoms. The molecular formula is C22H22N4O4. The molecule has 0 atom stereocenters. The normalized spacial score (nSPS) is 11.0. The number of H-pyrrole nitrogens is 1. The van der Waals surface area contributed by atoms with E-state index in [4.69, 9.17) is 9.47 Å². The van der Waals surface area contributed by atoms with Crippen LogP contribution in [0.4, 0.5) is 0 Å². The molecule has 154 valence electrons. The zero-order chi connectivity index (χ0) is 21.1. The third-order valence-corrected chi connectivity index (χ3v) is 5.05. The highest BCUT2D eigenvalue weighted by Crippen LogP contribution is 2.32. The number of aromatic amines is 1. The van der Waals surface area contributed by atoms with Gasteiger partial charge in [-0.1, -0.05) is 18.2 Å². The van der Waals surface area contributed by atoms with E-state index in [0.29, 0.717) is 35.2 Å². The van der Waals surface area contributed by atoms with Crippen molar-refractivity contribution in [2.75, 3.05) is 20.8 Å². The molecule has 0 aliphatic rings. The van der Waals surface area contributed by atoms with Gasteiger partial charge in [0.1, 0.15) is 6.54 Å². The number of aromatic nitrogens is 3. The van der Waals surface area contributed by atoms with Crippen molar-refractivity contribution in [1.29, 1.82) is 0 Å². The Kier molecular flexibility index (Phi) is 5.38. The first-order valence-corrected chi connectivity index (χ1v) is 9.55. The molecule has 2 heterocycles. The molecule has 0 bridgehead atoms. The average Bonchev–Trinajstić information content (AvgIpc) is 3.18. The standard InChI is InChI=1S/C22H22N4O4/c1-29-18-8-7-15-12-25-26(22(28)20(15)21(18)30-2)13-19(27)23-10-9-14-11-24-17-6-4-3-5-16(14)17/h3-8,11-12,24H,9-10,13H2,1-2H3,(H,23,27). The van der Waals surface area contributed by atoms with Crippen LogP contribution in [0.1, 0.15) is 5.56 Å². The van der Waals surface area contributed by atoms with E-state index in [2.05, 4.69) is 15.4 Å². The van der Waals surface area contributed by atoms with Gasteiger partial charge in [-0.25, -0.2) is 4.68 Å². The van der Waals surface area contributed by atoms with Gasteiger partial charge in [-0.05, 0) is 30.2 Å². The molecule has 0 saturated heterocycles. The van der Waals surface area contributed by atoms with Crippen LogP contribution in [0, 0.1) is 0 Å². The Bertz CT molecular complexity index is 1280. The number of benzene rings is 2. The van der Waals surface area contributed by atoms with Gasteiger partial charge in [-0.15, -0.1) is 0 Å². The third-order valence-electron chi connectivity index (χ3n) is 5.05. The number of hydrogen-bond donors (Lipinski definition) is 2. The van der Waals surface area contributed by atoms with E-state index in [-0.39, 0.29) is 12.5 Å². The lowest BCUT2D eigenvalue weighted by molar-refractivity contribution is -0.121. The van der Waals surface area contributed by atoms with E-state index in [1.54, 1.807) is 12.1 Å². The highest BCUT2D eigenvalue weighted by atomic mass is 16.5. The summed E-state index contributed by atoms with van der Waals surface area (Å²) in [5, 5.41) is 9.06. The predicted octanol–water partition coefficient (Wildman–Crippen LogP) is 2.25. The average molecular weight is 406 g/mol. The number of carbonyl (C=O) groups excluding carboxylic acids is 1. The monoisotopic (exact) mass is 406 g/mol. The van der Waals surface area contributed by atoms with Gasteiger partial charge >= 0.3 is 0 Å². The Labute approximate surface area is 172 Å². The molecule has 0 fully saturated rings. The summed E-state index contributed by atoms with van der Waals surface area (Å²) in [6.45, 7) is 0.281. The van der Waals surface area contributed by atoms with Gasteiger partial charge in [-0.3, -0.25) is 9.59 Å². The van der Waals surface area contributed by atoms with Crippen molar-refractivity contribution in [2.24, 2.45) is 0 Å². The number of nitrogens with one attached hydrogen (secondary N) is 2. The number of methoxy groups -OCH3 is 2. The van der Waals surface area contributed by atoms with Crippen molar-refractivity contribution in [3.8, 4) is 11.5 Å². The lowest BCUT2D eigenvalue weighted by Gasteiger charge is -2.12. The minimum absolute atomic E-state index is 0.178. The van der Waals surface area contributed by atoms with Gasteiger partial charge in [0.25, 0.3) is 5.56 Å². The predicted molar refractivity (Wildman–Crippen MR) is 114 cm³/mol. The molecule has 4 aromatic rings. The highest BCUT2D eigenvalue weighted by molar-refractivity contribution is 5.89. The van der Waals surface area contributed by atoms with Crippen molar-refractivity contribution in [3.63, 3.8) is 0 Å². The Morgan fingerprint density at radius 1 is 1.17 bits per heavy atom. The molecule has 30 heavy (non-hydrogen) atoms. The second-order valence-electron chi connectivity index (χ2n) is 6.83. The molecule has 0 aliphatic heterocycles. The maximum absolute atomic E-state index is 12.9. The molecule has 2 aromatic heterocycles. The van der Waals surface area contributed by atoms with E-state index < -0.39 is 5.56 Å². The lowest BCUT2D eigenvalue weighted by Crippen LogP contribution is -2.34. The summed E-state index contributed by atoms with van der Waals surface area (Å²) in [6, 6.07) is 11.5. The summed E-state index contributed by atoms with van der Waals surface area (Å²) < 4.78 is 11.8. The molecule has 8 heteroatoms. The van der Waals surface area contributed by atoms with Gasteiger partial charge in [0.05, 0.1) is 25.8 Å². The van der Waals surface area contributed by atoms with Crippen LogP contribution in [0.25, 0.3) is 21.7 Å². The first kappa shape index (κ1) is 19.5. The van der Waals surface area contributed by atoms with Crippen molar-refractivity contribution in [3.05, 3.63) is 64.7 Å². The Balaban J connectivity index is 1.47. The fourth-order valence-electron chi connectivity index (χ4n) is 3.56. The summed E-state index contributed by atoms with van der Waals surface area (Å²) in [5.41, 5.74) is 1.79. The second-order valence-corrected chi connectivity index (χ2v) is 6.83. The first-order valence-electron chi connectivity index (χ1n) is 9.55. The van der Waals surface area contributed by atoms with E-state index in [1.807, 2.05) is 30.5 Å². The van der Waals surface area contributed by atoms with Gasteiger partial charge in [0, 0.05) is 29.0 Å². The van der Waals surface area contributed by atoms with E-state index >= 15 is 0 Å². The van der Waals surface area contributed by atoms with Crippen molar-refractivity contribution >= 4 is 27.6 Å². The molecule has 1 amide bonds. The largest absolute Gasteiger partial charge is 0.493 e. The minimum Gasteiger partial charge on any atom is -0.493 e. The first-order chi connectivity index (χ1) is 14.6. The van der Waals surface area contributed by atoms with Crippen LogP contribution in [0.5, 0.6) is 11.5 Å². The molecule has 0 aliphatic carbocycles. The van der Waals surface area contributed by atoms with Crippen molar-refractivity contribution < 1.29 is 14.3 Å². The number of hydrogen-bond acceptors (Lipinski definition) is 5. The highest BCUT2D eigenvalue weighted by Gasteiger charge is 2.16. The molecular weight excluding hydrogens is 384 g/mol. The van der Waals surface area contributed by atoms with Crippen molar-refractivity contribution in [1.82, 2.24) is 20.1 Å². The Morgan fingerprint density at radius 2 is 2.00 bits per heavy atom. The maximum atomic E-state index is 12.9. The molecule has 8 nitrogen and oxygen atoms in total. The number of para-hydroxylation sites is 1. The number of fused-ring (bicyclic) bond motifs is 2. The van der Waals surface area contributed by atoms with Crippen LogP contribution in [0.3, 0.4) is 0 Å². The fourth-order valence-corrected chi connectivity index (χ4v) is 3.56. The zero-order valence-corrected chi connectivity index (χ0v) is 16.8. The van der Waals surface area contributed by atoms with Crippen LogP contribution in [-0.4, -0.2) is 41.4 Å².